The molecule has 0 saturated carbocycles. The zero-order chi connectivity index (χ0) is 18.7. The number of carboxylic acid groups (broad SMARTS) is 1. The molecule has 3 rings (SSSR count). The van der Waals surface area contributed by atoms with Crippen molar-refractivity contribution in [1.82, 2.24) is 9.80 Å². The van der Waals surface area contributed by atoms with Crippen molar-refractivity contribution < 1.29 is 14.7 Å². The third-order valence-electron chi connectivity index (χ3n) is 5.16. The third kappa shape index (κ3) is 4.13. The van der Waals surface area contributed by atoms with Crippen molar-refractivity contribution in [2.45, 2.75) is 18.9 Å². The van der Waals surface area contributed by atoms with Gasteiger partial charge in [0.15, 0.2) is 0 Å². The Kier molecular flexibility index (Phi) is 5.41. The predicted octanol–water partition coefficient (Wildman–Crippen LogP) is 0.168. The molecule has 2 saturated heterocycles. The fourth-order valence-electron chi connectivity index (χ4n) is 3.73. The maximum atomic E-state index is 12.6. The van der Waals surface area contributed by atoms with E-state index >= 15 is 0 Å². The number of carboxylic acids is 1. The van der Waals surface area contributed by atoms with Gasteiger partial charge in [-0.1, -0.05) is 0 Å². The number of amidine groups is 1. The van der Waals surface area contributed by atoms with E-state index in [1.54, 1.807) is 12.1 Å². The molecule has 0 unspecified atom stereocenters. The second-order valence-electron chi connectivity index (χ2n) is 6.87. The van der Waals surface area contributed by atoms with Crippen LogP contribution in [-0.4, -0.2) is 77.9 Å². The lowest BCUT2D eigenvalue weighted by Gasteiger charge is -2.43. The van der Waals surface area contributed by atoms with Gasteiger partial charge in [-0.25, -0.2) is 0 Å². The van der Waals surface area contributed by atoms with Crippen molar-refractivity contribution in [2.75, 3.05) is 44.2 Å². The number of aliphatic carboxylic acids is 1. The van der Waals surface area contributed by atoms with Crippen LogP contribution < -0.4 is 10.6 Å². The predicted molar refractivity (Wildman–Crippen MR) is 98.5 cm³/mol. The molecule has 1 aromatic carbocycles. The Morgan fingerprint density at radius 2 is 1.81 bits per heavy atom. The van der Waals surface area contributed by atoms with Crippen molar-refractivity contribution in [3.63, 3.8) is 0 Å². The molecule has 8 nitrogen and oxygen atoms in total. The van der Waals surface area contributed by atoms with Gasteiger partial charge in [0, 0.05) is 43.5 Å². The average molecular weight is 359 g/mol. The second kappa shape index (κ2) is 7.74. The third-order valence-corrected chi connectivity index (χ3v) is 5.16. The molecule has 8 heteroatoms. The first-order valence-corrected chi connectivity index (χ1v) is 8.87. The zero-order valence-corrected chi connectivity index (χ0v) is 14.7. The van der Waals surface area contributed by atoms with Crippen molar-refractivity contribution >= 4 is 23.4 Å². The number of nitrogens with zero attached hydrogens (tertiary/aromatic N) is 3. The van der Waals surface area contributed by atoms with E-state index in [2.05, 4.69) is 0 Å². The van der Waals surface area contributed by atoms with Gasteiger partial charge in [0.1, 0.15) is 5.84 Å². The summed E-state index contributed by atoms with van der Waals surface area (Å²) in [6.45, 7) is 3.30. The maximum absolute atomic E-state index is 12.6. The topological polar surface area (TPSA) is 114 Å². The van der Waals surface area contributed by atoms with Gasteiger partial charge < -0.3 is 20.6 Å². The van der Waals surface area contributed by atoms with Crippen molar-refractivity contribution in [3.05, 3.63) is 29.8 Å². The molecule has 2 aliphatic rings. The van der Waals surface area contributed by atoms with Gasteiger partial charge in [-0.3, -0.25) is 19.9 Å². The molecule has 2 fully saturated rings. The molecular weight excluding hydrogens is 334 g/mol. The van der Waals surface area contributed by atoms with Crippen LogP contribution in [0, 0.1) is 5.41 Å². The minimum absolute atomic E-state index is 0.0340. The van der Waals surface area contributed by atoms with Gasteiger partial charge in [0.2, 0.25) is 5.91 Å². The van der Waals surface area contributed by atoms with E-state index in [-0.39, 0.29) is 24.3 Å². The largest absolute Gasteiger partial charge is 0.480 e. The van der Waals surface area contributed by atoms with E-state index in [4.69, 9.17) is 16.2 Å². The summed E-state index contributed by atoms with van der Waals surface area (Å²) < 4.78 is 0. The van der Waals surface area contributed by atoms with Gasteiger partial charge in [0.05, 0.1) is 13.1 Å². The molecule has 0 spiro atoms. The van der Waals surface area contributed by atoms with Crippen LogP contribution in [0.5, 0.6) is 0 Å². The van der Waals surface area contributed by atoms with Crippen LogP contribution in [0.25, 0.3) is 0 Å². The molecule has 2 heterocycles. The van der Waals surface area contributed by atoms with E-state index in [1.165, 1.54) is 0 Å². The Labute approximate surface area is 152 Å². The van der Waals surface area contributed by atoms with E-state index in [1.807, 2.05) is 26.8 Å². The van der Waals surface area contributed by atoms with E-state index in [9.17, 15) is 9.59 Å². The molecule has 0 bridgehead atoms. The highest BCUT2D eigenvalue weighted by Gasteiger charge is 2.32. The van der Waals surface area contributed by atoms with Crippen molar-refractivity contribution in [3.8, 4) is 0 Å². The number of rotatable bonds is 5. The molecule has 140 valence electrons. The fourth-order valence-corrected chi connectivity index (χ4v) is 3.73. The Morgan fingerprint density at radius 3 is 2.35 bits per heavy atom. The second-order valence-corrected chi connectivity index (χ2v) is 6.87. The van der Waals surface area contributed by atoms with E-state index in [0.29, 0.717) is 18.7 Å². The Hall–Kier alpha value is -2.61. The molecule has 4 N–H and O–H groups in total. The summed E-state index contributed by atoms with van der Waals surface area (Å²) in [5.41, 5.74) is 7.11. The lowest BCUT2D eigenvalue weighted by atomic mass is 10.0. The fraction of sp³-hybridized carbons (Fsp3) is 0.500. The Balaban J connectivity index is 1.55. The molecular formula is C18H25N5O3. The summed E-state index contributed by atoms with van der Waals surface area (Å²) in [4.78, 5) is 29.4. The highest BCUT2D eigenvalue weighted by Crippen LogP contribution is 2.22. The lowest BCUT2D eigenvalue weighted by molar-refractivity contribution is -0.140. The number of nitrogen functional groups attached to an aromatic ring is 1. The molecule has 0 aliphatic carbocycles. The van der Waals surface area contributed by atoms with Crippen molar-refractivity contribution in [1.29, 1.82) is 5.41 Å². The molecule has 1 aromatic rings. The van der Waals surface area contributed by atoms with Gasteiger partial charge in [-0.15, -0.1) is 0 Å². The number of nitrogens with one attached hydrogen (secondary N) is 1. The normalized spacial score (nSPS) is 19.6. The highest BCUT2D eigenvalue weighted by atomic mass is 16.4. The van der Waals surface area contributed by atoms with Gasteiger partial charge in [-0.2, -0.15) is 0 Å². The van der Waals surface area contributed by atoms with Gasteiger partial charge in [0.25, 0.3) is 0 Å². The minimum atomic E-state index is -0.802. The number of piperazine rings is 1. The Bertz CT molecular complexity index is 683. The van der Waals surface area contributed by atoms with Crippen LogP contribution in [0.15, 0.2) is 24.3 Å². The summed E-state index contributed by atoms with van der Waals surface area (Å²) >= 11 is 0. The van der Waals surface area contributed by atoms with Crippen molar-refractivity contribution in [2.24, 2.45) is 5.73 Å². The number of carbonyl (C=O) groups is 2. The SMILES string of the molecule is N=C(N)c1ccc(N2CCN(C3CCN(CC(=O)O)CC3)C(=O)C2)cc1. The standard InChI is InChI=1S/C18H25N5O3/c19-18(20)13-1-3-14(4-2-13)22-9-10-23(16(24)11-22)15-5-7-21(8-6-15)12-17(25)26/h1-4,15H,5-12H2,(H3,19,20)(H,25,26). The van der Waals surface area contributed by atoms with Gasteiger partial charge >= 0.3 is 5.97 Å². The summed E-state index contributed by atoms with van der Waals surface area (Å²) in [5.74, 6) is -0.654. The molecule has 0 aromatic heterocycles. The number of anilines is 1. The van der Waals surface area contributed by atoms with Crippen LogP contribution in [0.1, 0.15) is 18.4 Å². The first-order chi connectivity index (χ1) is 12.4. The van der Waals surface area contributed by atoms with Gasteiger partial charge in [-0.05, 0) is 37.1 Å². The first-order valence-electron chi connectivity index (χ1n) is 8.87. The molecule has 26 heavy (non-hydrogen) atoms. The number of benzene rings is 1. The first kappa shape index (κ1) is 18.2. The van der Waals surface area contributed by atoms with Crippen LogP contribution in [0.2, 0.25) is 0 Å². The number of hydrogen-bond acceptors (Lipinski definition) is 5. The minimum Gasteiger partial charge on any atom is -0.480 e. The molecule has 2 aliphatic heterocycles. The number of carbonyl (C=O) groups excluding carboxylic acids is 1. The number of amides is 1. The molecule has 1 amide bonds. The zero-order valence-electron chi connectivity index (χ0n) is 14.7. The monoisotopic (exact) mass is 359 g/mol. The lowest BCUT2D eigenvalue weighted by Crippen LogP contribution is -2.56. The number of likely N-dealkylation sites (tertiary alicyclic amines) is 1. The summed E-state index contributed by atoms with van der Waals surface area (Å²) in [7, 11) is 0. The van der Waals surface area contributed by atoms with Crippen LogP contribution >= 0.6 is 0 Å². The summed E-state index contributed by atoms with van der Waals surface area (Å²) in [6.07, 6.45) is 1.65. The van der Waals surface area contributed by atoms with Crippen LogP contribution in [0.4, 0.5) is 5.69 Å². The average Bonchev–Trinajstić information content (AvgIpc) is 2.62. The van der Waals surface area contributed by atoms with E-state index < -0.39 is 5.97 Å². The summed E-state index contributed by atoms with van der Waals surface area (Å²) in [6, 6.07) is 7.59. The Morgan fingerprint density at radius 1 is 1.15 bits per heavy atom. The summed E-state index contributed by atoms with van der Waals surface area (Å²) in [5, 5.41) is 16.3. The quantitative estimate of drug-likeness (QED) is 0.510. The smallest absolute Gasteiger partial charge is 0.317 e. The van der Waals surface area contributed by atoms with E-state index in [0.717, 1.165) is 38.2 Å². The number of piperidine rings is 1. The van der Waals surface area contributed by atoms with Crippen LogP contribution in [-0.2, 0) is 9.59 Å². The highest BCUT2D eigenvalue weighted by molar-refractivity contribution is 5.95. The molecule has 0 radical (unpaired) electrons. The van der Waals surface area contributed by atoms with Crippen LogP contribution in [0.3, 0.4) is 0 Å². The number of nitrogens with two attached hydrogens (primary N) is 1. The number of hydrogen-bond donors (Lipinski definition) is 3. The molecule has 0 atom stereocenters. The maximum Gasteiger partial charge on any atom is 0.317 e.